The van der Waals surface area contributed by atoms with Gasteiger partial charge in [0.1, 0.15) is 0 Å². The SMILES string of the molecule is CCc1ccccc1NC(=O)c1ccc(Cn2cccn2)cc1. The van der Waals surface area contributed by atoms with Crippen LogP contribution in [0.5, 0.6) is 0 Å². The van der Waals surface area contributed by atoms with Gasteiger partial charge < -0.3 is 5.32 Å². The van der Waals surface area contributed by atoms with Gasteiger partial charge in [0.25, 0.3) is 5.91 Å². The van der Waals surface area contributed by atoms with Crippen LogP contribution < -0.4 is 5.32 Å². The van der Waals surface area contributed by atoms with Crippen molar-refractivity contribution < 1.29 is 4.79 Å². The third kappa shape index (κ3) is 3.66. The number of anilines is 1. The van der Waals surface area contributed by atoms with Crippen molar-refractivity contribution in [3.8, 4) is 0 Å². The zero-order valence-corrected chi connectivity index (χ0v) is 13.1. The monoisotopic (exact) mass is 305 g/mol. The van der Waals surface area contributed by atoms with Gasteiger partial charge in [0.15, 0.2) is 0 Å². The molecule has 1 heterocycles. The van der Waals surface area contributed by atoms with Gasteiger partial charge >= 0.3 is 0 Å². The van der Waals surface area contributed by atoms with Gasteiger partial charge in [-0.25, -0.2) is 0 Å². The van der Waals surface area contributed by atoms with E-state index >= 15 is 0 Å². The number of nitrogens with zero attached hydrogens (tertiary/aromatic N) is 2. The largest absolute Gasteiger partial charge is 0.322 e. The maximum Gasteiger partial charge on any atom is 0.255 e. The highest BCUT2D eigenvalue weighted by molar-refractivity contribution is 6.04. The molecule has 1 N–H and O–H groups in total. The standard InChI is InChI=1S/C19H19N3O/c1-2-16-6-3-4-7-18(16)21-19(23)17-10-8-15(9-11-17)14-22-13-5-12-20-22/h3-13H,2,14H2,1H3,(H,21,23). The highest BCUT2D eigenvalue weighted by Gasteiger charge is 2.08. The fraction of sp³-hybridized carbons (Fsp3) is 0.158. The van der Waals surface area contributed by atoms with E-state index in [1.807, 2.05) is 65.5 Å². The van der Waals surface area contributed by atoms with Crippen molar-refractivity contribution in [2.45, 2.75) is 19.9 Å². The normalized spacial score (nSPS) is 10.5. The van der Waals surface area contributed by atoms with Crippen LogP contribution in [0.2, 0.25) is 0 Å². The maximum absolute atomic E-state index is 12.4. The summed E-state index contributed by atoms with van der Waals surface area (Å²) in [7, 11) is 0. The molecule has 3 rings (SSSR count). The molecule has 1 aromatic heterocycles. The Morgan fingerprint density at radius 1 is 1.09 bits per heavy atom. The zero-order valence-electron chi connectivity index (χ0n) is 13.1. The highest BCUT2D eigenvalue weighted by atomic mass is 16.1. The van der Waals surface area contributed by atoms with E-state index in [2.05, 4.69) is 17.3 Å². The van der Waals surface area contributed by atoms with E-state index in [0.29, 0.717) is 12.1 Å². The van der Waals surface area contributed by atoms with Gasteiger partial charge in [0.05, 0.1) is 6.54 Å². The Labute approximate surface area is 135 Å². The number of amides is 1. The summed E-state index contributed by atoms with van der Waals surface area (Å²) in [6.07, 6.45) is 4.56. The lowest BCUT2D eigenvalue weighted by Crippen LogP contribution is -2.13. The van der Waals surface area contributed by atoms with Gasteiger partial charge in [-0.05, 0) is 41.8 Å². The molecular weight excluding hydrogens is 286 g/mol. The molecule has 3 aromatic rings. The van der Waals surface area contributed by atoms with Crippen LogP contribution in [-0.4, -0.2) is 15.7 Å². The topological polar surface area (TPSA) is 46.9 Å². The average Bonchev–Trinajstić information content (AvgIpc) is 3.09. The molecular formula is C19H19N3O. The fourth-order valence-corrected chi connectivity index (χ4v) is 2.49. The molecule has 116 valence electrons. The van der Waals surface area contributed by atoms with Crippen LogP contribution in [0.15, 0.2) is 67.0 Å². The number of hydrogen-bond acceptors (Lipinski definition) is 2. The van der Waals surface area contributed by atoms with Gasteiger partial charge in [-0.15, -0.1) is 0 Å². The van der Waals surface area contributed by atoms with Crippen molar-refractivity contribution in [3.63, 3.8) is 0 Å². The predicted molar refractivity (Wildman–Crippen MR) is 91.5 cm³/mol. The Bertz CT molecular complexity index is 777. The van der Waals surface area contributed by atoms with E-state index < -0.39 is 0 Å². The zero-order chi connectivity index (χ0) is 16.1. The average molecular weight is 305 g/mol. The second-order valence-electron chi connectivity index (χ2n) is 5.37. The second kappa shape index (κ2) is 6.92. The molecule has 0 saturated carbocycles. The van der Waals surface area contributed by atoms with Crippen molar-refractivity contribution in [3.05, 3.63) is 83.7 Å². The molecule has 0 saturated heterocycles. The molecule has 4 nitrogen and oxygen atoms in total. The van der Waals surface area contributed by atoms with Gasteiger partial charge in [-0.2, -0.15) is 5.10 Å². The van der Waals surface area contributed by atoms with E-state index in [-0.39, 0.29) is 5.91 Å². The maximum atomic E-state index is 12.4. The third-order valence-corrected chi connectivity index (χ3v) is 3.77. The first kappa shape index (κ1) is 15.0. The van der Waals surface area contributed by atoms with Gasteiger partial charge in [-0.1, -0.05) is 37.3 Å². The number of carbonyl (C=O) groups is 1. The quantitative estimate of drug-likeness (QED) is 0.780. The molecule has 4 heteroatoms. The van der Waals surface area contributed by atoms with Crippen molar-refractivity contribution in [2.24, 2.45) is 0 Å². The minimum absolute atomic E-state index is 0.0865. The van der Waals surface area contributed by atoms with Gasteiger partial charge in [-0.3, -0.25) is 9.48 Å². The lowest BCUT2D eigenvalue weighted by Gasteiger charge is -2.10. The third-order valence-electron chi connectivity index (χ3n) is 3.77. The first-order chi connectivity index (χ1) is 11.3. The van der Waals surface area contributed by atoms with Crippen LogP contribution in [0.3, 0.4) is 0 Å². The molecule has 0 radical (unpaired) electrons. The van der Waals surface area contributed by atoms with E-state index in [1.165, 1.54) is 0 Å². The molecule has 0 spiro atoms. The molecule has 1 amide bonds. The van der Waals surface area contributed by atoms with Gasteiger partial charge in [0.2, 0.25) is 0 Å². The van der Waals surface area contributed by atoms with Crippen molar-refractivity contribution in [1.82, 2.24) is 9.78 Å². The number of rotatable bonds is 5. The van der Waals surface area contributed by atoms with E-state index in [9.17, 15) is 4.79 Å². The van der Waals surface area contributed by atoms with Crippen molar-refractivity contribution >= 4 is 11.6 Å². The number of hydrogen-bond donors (Lipinski definition) is 1. The first-order valence-corrected chi connectivity index (χ1v) is 7.72. The summed E-state index contributed by atoms with van der Waals surface area (Å²) < 4.78 is 1.85. The van der Waals surface area contributed by atoms with E-state index in [4.69, 9.17) is 0 Å². The minimum atomic E-state index is -0.0865. The van der Waals surface area contributed by atoms with Gasteiger partial charge in [0, 0.05) is 23.6 Å². The first-order valence-electron chi connectivity index (χ1n) is 7.72. The summed E-state index contributed by atoms with van der Waals surface area (Å²) in [5.74, 6) is -0.0865. The second-order valence-corrected chi connectivity index (χ2v) is 5.37. The fourth-order valence-electron chi connectivity index (χ4n) is 2.49. The molecule has 0 aliphatic carbocycles. The summed E-state index contributed by atoms with van der Waals surface area (Å²) in [6.45, 7) is 2.78. The summed E-state index contributed by atoms with van der Waals surface area (Å²) in [4.78, 5) is 12.4. The minimum Gasteiger partial charge on any atom is -0.322 e. The number of carbonyl (C=O) groups excluding carboxylic acids is 1. The van der Waals surface area contributed by atoms with E-state index in [0.717, 1.165) is 23.2 Å². The Morgan fingerprint density at radius 3 is 2.57 bits per heavy atom. The number of aromatic nitrogens is 2. The Kier molecular flexibility index (Phi) is 4.52. The smallest absolute Gasteiger partial charge is 0.255 e. The van der Waals surface area contributed by atoms with Crippen LogP contribution in [0.4, 0.5) is 5.69 Å². The summed E-state index contributed by atoms with van der Waals surface area (Å²) in [5, 5.41) is 7.17. The summed E-state index contributed by atoms with van der Waals surface area (Å²) >= 11 is 0. The lowest BCUT2D eigenvalue weighted by molar-refractivity contribution is 0.102. The summed E-state index contributed by atoms with van der Waals surface area (Å²) in [5.41, 5.74) is 3.77. The molecule has 0 unspecified atom stereocenters. The van der Waals surface area contributed by atoms with Crippen molar-refractivity contribution in [1.29, 1.82) is 0 Å². The Hall–Kier alpha value is -2.88. The summed E-state index contributed by atoms with van der Waals surface area (Å²) in [6, 6.07) is 17.4. The molecule has 0 atom stereocenters. The molecule has 0 fully saturated rings. The molecule has 0 bridgehead atoms. The van der Waals surface area contributed by atoms with Crippen molar-refractivity contribution in [2.75, 3.05) is 5.32 Å². The van der Waals surface area contributed by atoms with Crippen LogP contribution in [-0.2, 0) is 13.0 Å². The van der Waals surface area contributed by atoms with Crippen LogP contribution in [0.25, 0.3) is 0 Å². The molecule has 23 heavy (non-hydrogen) atoms. The highest BCUT2D eigenvalue weighted by Crippen LogP contribution is 2.17. The van der Waals surface area contributed by atoms with Crippen LogP contribution in [0.1, 0.15) is 28.4 Å². The number of nitrogens with one attached hydrogen (secondary N) is 1. The van der Waals surface area contributed by atoms with Crippen LogP contribution >= 0.6 is 0 Å². The molecule has 0 aliphatic rings. The predicted octanol–water partition coefficient (Wildman–Crippen LogP) is 3.75. The number of aryl methyl sites for hydroxylation is 1. The Morgan fingerprint density at radius 2 is 1.87 bits per heavy atom. The number of para-hydroxylation sites is 1. The van der Waals surface area contributed by atoms with E-state index in [1.54, 1.807) is 6.20 Å². The molecule has 0 aliphatic heterocycles. The Balaban J connectivity index is 1.70. The molecule has 2 aromatic carbocycles. The number of benzene rings is 2. The lowest BCUT2D eigenvalue weighted by atomic mass is 10.1. The van der Waals surface area contributed by atoms with Crippen LogP contribution in [0, 0.1) is 0 Å².